The molecule has 0 aliphatic rings. The fourth-order valence-corrected chi connectivity index (χ4v) is 3.19. The van der Waals surface area contributed by atoms with Gasteiger partial charge in [0.15, 0.2) is 0 Å². The maximum Gasteiger partial charge on any atom is 0.0558 e. The average Bonchev–Trinajstić information content (AvgIpc) is 2.50. The highest BCUT2D eigenvalue weighted by Gasteiger charge is 2.14. The van der Waals surface area contributed by atoms with Gasteiger partial charge in [0.2, 0.25) is 0 Å². The van der Waals surface area contributed by atoms with Gasteiger partial charge in [-0.15, -0.1) is 0 Å². The highest BCUT2D eigenvalue weighted by molar-refractivity contribution is 14.1. The molecular weight excluding hydrogens is 416 g/mol. The second-order valence-corrected chi connectivity index (χ2v) is 6.81. The van der Waals surface area contributed by atoms with Crippen molar-refractivity contribution in [1.29, 1.82) is 0 Å². The smallest absolute Gasteiger partial charge is 0.0558 e. The van der Waals surface area contributed by atoms with Crippen molar-refractivity contribution in [2.24, 2.45) is 5.73 Å². The molecule has 3 aromatic rings. The van der Waals surface area contributed by atoms with Crippen LogP contribution in [-0.2, 0) is 0 Å². The first-order chi connectivity index (χ1) is 10.1. The van der Waals surface area contributed by atoms with Gasteiger partial charge >= 0.3 is 0 Å². The lowest BCUT2D eigenvalue weighted by molar-refractivity contribution is 0.880. The molecule has 2 N–H and O–H groups in total. The second kappa shape index (κ2) is 6.13. The molecule has 0 fully saturated rings. The number of nitrogens with two attached hydrogens (primary N) is 1. The van der Waals surface area contributed by atoms with Crippen LogP contribution in [0.2, 0.25) is 10.0 Å². The van der Waals surface area contributed by atoms with Crippen LogP contribution in [-0.4, -0.2) is 0 Å². The van der Waals surface area contributed by atoms with Gasteiger partial charge in [0.25, 0.3) is 0 Å². The molecule has 0 radical (unpaired) electrons. The van der Waals surface area contributed by atoms with Crippen molar-refractivity contribution < 1.29 is 0 Å². The Morgan fingerprint density at radius 1 is 0.857 bits per heavy atom. The molecule has 1 nitrogen and oxygen atoms in total. The minimum atomic E-state index is -0.235. The zero-order chi connectivity index (χ0) is 15.0. The van der Waals surface area contributed by atoms with Gasteiger partial charge in [-0.05, 0) is 57.3 Å². The summed E-state index contributed by atoms with van der Waals surface area (Å²) in [6, 6.07) is 17.6. The first-order valence-electron chi connectivity index (χ1n) is 6.45. The fraction of sp³-hybridized carbons (Fsp3) is 0.0588. The van der Waals surface area contributed by atoms with E-state index in [4.69, 9.17) is 28.9 Å². The molecule has 1 atom stereocenters. The van der Waals surface area contributed by atoms with Crippen molar-refractivity contribution in [3.63, 3.8) is 0 Å². The third kappa shape index (κ3) is 2.90. The highest BCUT2D eigenvalue weighted by atomic mass is 127. The van der Waals surface area contributed by atoms with E-state index in [1.54, 1.807) is 0 Å². The molecule has 1 unspecified atom stereocenters. The minimum Gasteiger partial charge on any atom is -0.320 e. The van der Waals surface area contributed by atoms with Crippen LogP contribution in [0.5, 0.6) is 0 Å². The van der Waals surface area contributed by atoms with Crippen molar-refractivity contribution in [1.82, 2.24) is 0 Å². The monoisotopic (exact) mass is 427 g/mol. The fourth-order valence-electron chi connectivity index (χ4n) is 2.44. The van der Waals surface area contributed by atoms with E-state index in [2.05, 4.69) is 22.6 Å². The number of hydrogen-bond acceptors (Lipinski definition) is 1. The van der Waals surface area contributed by atoms with Gasteiger partial charge in [0.05, 0.1) is 11.1 Å². The molecular formula is C17H12Cl2IN. The first kappa shape index (κ1) is 15.1. The maximum absolute atomic E-state index is 6.45. The van der Waals surface area contributed by atoms with Gasteiger partial charge in [-0.1, -0.05) is 59.6 Å². The Bertz CT molecular complexity index is 817. The lowest BCUT2D eigenvalue weighted by Gasteiger charge is -2.16. The van der Waals surface area contributed by atoms with Crippen LogP contribution in [0.15, 0.2) is 54.6 Å². The van der Waals surface area contributed by atoms with E-state index in [0.717, 1.165) is 35.5 Å². The zero-order valence-electron chi connectivity index (χ0n) is 11.0. The summed E-state index contributed by atoms with van der Waals surface area (Å²) in [4.78, 5) is 0. The molecule has 0 saturated carbocycles. The predicted octanol–water partition coefficient (Wildman–Crippen LogP) is 5.80. The van der Waals surface area contributed by atoms with Crippen molar-refractivity contribution >= 4 is 56.6 Å². The van der Waals surface area contributed by atoms with E-state index >= 15 is 0 Å². The Kier molecular flexibility index (Phi) is 4.41. The molecule has 3 rings (SSSR count). The number of rotatable bonds is 2. The third-order valence-electron chi connectivity index (χ3n) is 3.54. The number of benzene rings is 3. The van der Waals surface area contributed by atoms with Gasteiger partial charge < -0.3 is 5.73 Å². The molecule has 0 bridgehead atoms. The number of fused-ring (bicyclic) bond motifs is 1. The van der Waals surface area contributed by atoms with E-state index in [-0.39, 0.29) is 6.04 Å². The van der Waals surface area contributed by atoms with Gasteiger partial charge in [-0.2, -0.15) is 0 Å². The van der Waals surface area contributed by atoms with Crippen LogP contribution in [0.25, 0.3) is 10.8 Å². The van der Waals surface area contributed by atoms with Gasteiger partial charge in [0.1, 0.15) is 0 Å². The van der Waals surface area contributed by atoms with Crippen LogP contribution < -0.4 is 5.73 Å². The summed E-state index contributed by atoms with van der Waals surface area (Å²) in [7, 11) is 0. The van der Waals surface area contributed by atoms with Crippen molar-refractivity contribution in [3.8, 4) is 0 Å². The van der Waals surface area contributed by atoms with Crippen molar-refractivity contribution in [2.75, 3.05) is 0 Å². The summed E-state index contributed by atoms with van der Waals surface area (Å²) in [5, 5.41) is 3.56. The zero-order valence-corrected chi connectivity index (χ0v) is 14.7. The predicted molar refractivity (Wildman–Crippen MR) is 99.2 cm³/mol. The highest BCUT2D eigenvalue weighted by Crippen LogP contribution is 2.33. The van der Waals surface area contributed by atoms with Crippen molar-refractivity contribution in [3.05, 3.63) is 79.3 Å². The van der Waals surface area contributed by atoms with E-state index in [9.17, 15) is 0 Å². The lowest BCUT2D eigenvalue weighted by atomic mass is 9.94. The summed E-state index contributed by atoms with van der Waals surface area (Å²) in [6.07, 6.45) is 0. The Balaban J connectivity index is 2.15. The molecule has 0 spiro atoms. The first-order valence-corrected chi connectivity index (χ1v) is 8.29. The molecule has 21 heavy (non-hydrogen) atoms. The van der Waals surface area contributed by atoms with Crippen LogP contribution in [0, 0.1) is 3.57 Å². The lowest BCUT2D eigenvalue weighted by Crippen LogP contribution is -2.12. The average molecular weight is 428 g/mol. The van der Waals surface area contributed by atoms with Crippen molar-refractivity contribution in [2.45, 2.75) is 6.04 Å². The summed E-state index contributed by atoms with van der Waals surface area (Å²) >= 11 is 14.7. The molecule has 0 saturated heterocycles. The molecule has 0 aliphatic carbocycles. The standard InChI is InChI=1S/C17H12Cl2IN/c18-14-7-6-13(11-3-1-2-4-12(11)14)17(21)10-5-8-16(20)15(19)9-10/h1-9,17H,21H2. The summed E-state index contributed by atoms with van der Waals surface area (Å²) in [5.74, 6) is 0. The van der Waals surface area contributed by atoms with Crippen LogP contribution in [0.4, 0.5) is 0 Å². The quantitative estimate of drug-likeness (QED) is 0.514. The van der Waals surface area contributed by atoms with Crippen LogP contribution in [0.1, 0.15) is 17.2 Å². The van der Waals surface area contributed by atoms with Gasteiger partial charge in [-0.25, -0.2) is 0 Å². The Hall–Kier alpha value is -0.810. The SMILES string of the molecule is NC(c1ccc(I)c(Cl)c1)c1ccc(Cl)c2ccccc12. The van der Waals surface area contributed by atoms with Crippen LogP contribution >= 0.6 is 45.8 Å². The molecule has 106 valence electrons. The summed E-state index contributed by atoms with van der Waals surface area (Å²) < 4.78 is 1.02. The van der Waals surface area contributed by atoms with E-state index < -0.39 is 0 Å². The third-order valence-corrected chi connectivity index (χ3v) is 5.44. The Morgan fingerprint density at radius 2 is 1.57 bits per heavy atom. The molecule has 0 aromatic heterocycles. The molecule has 0 heterocycles. The van der Waals surface area contributed by atoms with E-state index in [0.29, 0.717) is 0 Å². The Labute approximate surface area is 147 Å². The minimum absolute atomic E-state index is 0.235. The van der Waals surface area contributed by atoms with E-state index in [1.807, 2.05) is 54.6 Å². The maximum atomic E-state index is 6.45. The van der Waals surface area contributed by atoms with Gasteiger partial charge in [0, 0.05) is 14.0 Å². The van der Waals surface area contributed by atoms with E-state index in [1.165, 1.54) is 0 Å². The number of hydrogen-bond donors (Lipinski definition) is 1. The summed E-state index contributed by atoms with van der Waals surface area (Å²) in [6.45, 7) is 0. The summed E-state index contributed by atoms with van der Waals surface area (Å²) in [5.41, 5.74) is 8.49. The number of halogens is 3. The molecule has 0 aliphatic heterocycles. The van der Waals surface area contributed by atoms with Crippen LogP contribution in [0.3, 0.4) is 0 Å². The normalized spacial score (nSPS) is 12.6. The molecule has 4 heteroatoms. The second-order valence-electron chi connectivity index (χ2n) is 4.83. The Morgan fingerprint density at radius 3 is 2.29 bits per heavy atom. The molecule has 3 aromatic carbocycles. The largest absolute Gasteiger partial charge is 0.320 e. The van der Waals surface area contributed by atoms with Gasteiger partial charge in [-0.3, -0.25) is 0 Å². The molecule has 0 amide bonds. The topological polar surface area (TPSA) is 26.0 Å².